The molecule has 6 rings (SSSR count). The Morgan fingerprint density at radius 3 is 2.44 bits per heavy atom. The number of carbonyl (C=O) groups is 2. The Hall–Kier alpha value is -4.41. The third-order valence-electron chi connectivity index (χ3n) is 7.66. The molecule has 1 saturated heterocycles. The largest absolute Gasteiger partial charge is 0.378 e. The summed E-state index contributed by atoms with van der Waals surface area (Å²) in [5.41, 5.74) is 7.08. The molecule has 1 aliphatic heterocycles. The van der Waals surface area contributed by atoms with Crippen molar-refractivity contribution >= 4 is 34.2 Å². The summed E-state index contributed by atoms with van der Waals surface area (Å²) in [5, 5.41) is 4.39. The second kappa shape index (κ2) is 11.7. The van der Waals surface area contributed by atoms with Crippen molar-refractivity contribution in [2.24, 2.45) is 0 Å². The van der Waals surface area contributed by atoms with Gasteiger partial charge in [-0.05, 0) is 53.3 Å². The molecule has 1 fully saturated rings. The molecule has 0 spiro atoms. The number of H-pyrrole nitrogens is 1. The maximum atomic E-state index is 12.8. The lowest BCUT2D eigenvalue weighted by atomic mass is 9.96. The molecule has 3 aromatic heterocycles. The Labute approximate surface area is 254 Å². The van der Waals surface area contributed by atoms with Crippen LogP contribution in [0.15, 0.2) is 61.1 Å². The van der Waals surface area contributed by atoms with Gasteiger partial charge in [-0.3, -0.25) is 9.59 Å². The summed E-state index contributed by atoms with van der Waals surface area (Å²) in [7, 11) is 0. The fourth-order valence-corrected chi connectivity index (χ4v) is 5.98. The van der Waals surface area contributed by atoms with Gasteiger partial charge in [0, 0.05) is 52.9 Å². The van der Waals surface area contributed by atoms with Gasteiger partial charge in [0.05, 0.1) is 18.9 Å². The second-order valence-corrected chi connectivity index (χ2v) is 12.8. The number of fused-ring (bicyclic) bond motifs is 1. The Morgan fingerprint density at radius 1 is 1.00 bits per heavy atom. The van der Waals surface area contributed by atoms with E-state index in [1.165, 1.54) is 11.3 Å². The lowest BCUT2D eigenvalue weighted by Crippen LogP contribution is -2.40. The zero-order valence-corrected chi connectivity index (χ0v) is 25.5. The van der Waals surface area contributed by atoms with Crippen molar-refractivity contribution in [2.45, 2.75) is 39.7 Å². The van der Waals surface area contributed by atoms with Crippen molar-refractivity contribution in [2.75, 3.05) is 26.3 Å². The predicted octanol–water partition coefficient (Wildman–Crippen LogP) is 5.76. The van der Waals surface area contributed by atoms with Gasteiger partial charge in [-0.15, -0.1) is 11.3 Å². The van der Waals surface area contributed by atoms with Crippen molar-refractivity contribution in [3.8, 4) is 22.5 Å². The van der Waals surface area contributed by atoms with Crippen LogP contribution in [0.3, 0.4) is 0 Å². The molecular formula is C33H34N6O3S. The van der Waals surface area contributed by atoms with E-state index in [-0.39, 0.29) is 17.2 Å². The van der Waals surface area contributed by atoms with E-state index in [0.717, 1.165) is 49.6 Å². The summed E-state index contributed by atoms with van der Waals surface area (Å²) in [5.74, 6) is -0.143. The van der Waals surface area contributed by atoms with Crippen molar-refractivity contribution in [3.05, 3.63) is 87.6 Å². The number of carbonyl (C=O) groups excluding carboxylic acids is 2. The molecule has 2 aromatic carbocycles. The van der Waals surface area contributed by atoms with Gasteiger partial charge in [-0.2, -0.15) is 0 Å². The quantitative estimate of drug-likeness (QED) is 0.259. The van der Waals surface area contributed by atoms with E-state index < -0.39 is 0 Å². The summed E-state index contributed by atoms with van der Waals surface area (Å²) in [6, 6.07) is 15.8. The number of nitrogens with zero attached hydrogens (tertiary/aromatic N) is 4. The van der Waals surface area contributed by atoms with Gasteiger partial charge in [0.15, 0.2) is 5.01 Å². The first-order valence-electron chi connectivity index (χ1n) is 14.3. The molecular weight excluding hydrogens is 560 g/mol. The van der Waals surface area contributed by atoms with E-state index in [0.29, 0.717) is 43.4 Å². The standard InChI is InChI=1S/C33H34N6O3S/c1-20-15-23(9-10-24(20)17-34-30(40)31-35-18-27(43-31)33(2,3)4)28-25-16-26(38-29(25)37-19-36-28)21-5-7-22(8-6-21)32(41)39-11-13-42-14-12-39/h5-10,15-16,18-19H,11-14,17H2,1-4H3,(H,34,40)(H,36,37,38). The van der Waals surface area contributed by atoms with Crippen LogP contribution in [0.1, 0.15) is 56.9 Å². The average Bonchev–Trinajstić information content (AvgIpc) is 3.69. The topological polar surface area (TPSA) is 113 Å². The van der Waals surface area contributed by atoms with E-state index in [1.807, 2.05) is 54.3 Å². The number of aromatic amines is 1. The van der Waals surface area contributed by atoms with Gasteiger partial charge in [0.1, 0.15) is 12.0 Å². The zero-order valence-electron chi connectivity index (χ0n) is 24.7. The van der Waals surface area contributed by atoms with Gasteiger partial charge in [-0.1, -0.05) is 45.0 Å². The van der Waals surface area contributed by atoms with E-state index in [1.54, 1.807) is 12.5 Å². The number of morpholine rings is 1. The molecule has 0 bridgehead atoms. The molecule has 0 aliphatic carbocycles. The third kappa shape index (κ3) is 6.07. The minimum absolute atomic E-state index is 0.0240. The Balaban J connectivity index is 1.18. The highest BCUT2D eigenvalue weighted by Crippen LogP contribution is 2.31. The van der Waals surface area contributed by atoms with Crippen molar-refractivity contribution < 1.29 is 14.3 Å². The third-order valence-corrected chi connectivity index (χ3v) is 9.08. The molecule has 4 heterocycles. The smallest absolute Gasteiger partial charge is 0.280 e. The van der Waals surface area contributed by atoms with Gasteiger partial charge in [0.2, 0.25) is 0 Å². The number of aryl methyl sites for hydroxylation is 1. The minimum atomic E-state index is -0.167. The number of hydrogen-bond acceptors (Lipinski definition) is 7. The molecule has 2 N–H and O–H groups in total. The van der Waals surface area contributed by atoms with Crippen LogP contribution in [0.2, 0.25) is 0 Å². The zero-order chi connectivity index (χ0) is 30.1. The number of benzene rings is 2. The van der Waals surface area contributed by atoms with Crippen LogP contribution in [0.25, 0.3) is 33.5 Å². The van der Waals surface area contributed by atoms with Crippen LogP contribution >= 0.6 is 11.3 Å². The molecule has 43 heavy (non-hydrogen) atoms. The maximum Gasteiger partial charge on any atom is 0.280 e. The first-order chi connectivity index (χ1) is 20.7. The molecule has 10 heteroatoms. The number of amides is 2. The van der Waals surface area contributed by atoms with E-state index in [4.69, 9.17) is 4.74 Å². The van der Waals surface area contributed by atoms with Gasteiger partial charge in [-0.25, -0.2) is 15.0 Å². The molecule has 1 aliphatic rings. The van der Waals surface area contributed by atoms with E-state index >= 15 is 0 Å². The molecule has 0 saturated carbocycles. The fourth-order valence-electron chi connectivity index (χ4n) is 5.09. The van der Waals surface area contributed by atoms with Gasteiger partial charge >= 0.3 is 0 Å². The first kappa shape index (κ1) is 28.7. The molecule has 5 aromatic rings. The van der Waals surface area contributed by atoms with Crippen LogP contribution in [-0.4, -0.2) is 63.0 Å². The Morgan fingerprint density at radius 2 is 1.74 bits per heavy atom. The average molecular weight is 595 g/mol. The lowest BCUT2D eigenvalue weighted by Gasteiger charge is -2.26. The van der Waals surface area contributed by atoms with E-state index in [2.05, 4.69) is 52.1 Å². The summed E-state index contributed by atoms with van der Waals surface area (Å²) in [4.78, 5) is 45.3. The van der Waals surface area contributed by atoms with Crippen LogP contribution in [0, 0.1) is 6.92 Å². The van der Waals surface area contributed by atoms with Crippen LogP contribution < -0.4 is 5.32 Å². The lowest BCUT2D eigenvalue weighted by molar-refractivity contribution is 0.0303. The Bertz CT molecular complexity index is 1800. The summed E-state index contributed by atoms with van der Waals surface area (Å²) >= 11 is 1.43. The molecule has 0 radical (unpaired) electrons. The van der Waals surface area contributed by atoms with Crippen LogP contribution in [-0.2, 0) is 16.7 Å². The first-order valence-corrected chi connectivity index (χ1v) is 15.1. The number of aromatic nitrogens is 4. The van der Waals surface area contributed by atoms with Crippen molar-refractivity contribution in [3.63, 3.8) is 0 Å². The number of rotatable bonds is 6. The van der Waals surface area contributed by atoms with E-state index in [9.17, 15) is 9.59 Å². The summed E-state index contributed by atoms with van der Waals surface area (Å²) < 4.78 is 5.36. The number of nitrogens with one attached hydrogen (secondary N) is 2. The SMILES string of the molecule is Cc1cc(-c2ncnc3[nH]c(-c4ccc(C(=O)N5CCOCC5)cc4)cc23)ccc1CNC(=O)c1ncc(C(C)(C)C)s1. The molecule has 9 nitrogen and oxygen atoms in total. The number of thiazole rings is 1. The van der Waals surface area contributed by atoms with Gasteiger partial charge in [0.25, 0.3) is 11.8 Å². The minimum Gasteiger partial charge on any atom is -0.378 e. The number of hydrogen-bond donors (Lipinski definition) is 2. The van der Waals surface area contributed by atoms with Crippen LogP contribution in [0.4, 0.5) is 0 Å². The highest BCUT2D eigenvalue weighted by atomic mass is 32.1. The van der Waals surface area contributed by atoms with Crippen LogP contribution in [0.5, 0.6) is 0 Å². The predicted molar refractivity (Wildman–Crippen MR) is 168 cm³/mol. The molecule has 220 valence electrons. The molecule has 2 amide bonds. The highest BCUT2D eigenvalue weighted by Gasteiger charge is 2.21. The molecule has 0 atom stereocenters. The monoisotopic (exact) mass is 594 g/mol. The van der Waals surface area contributed by atoms with Crippen molar-refractivity contribution in [1.29, 1.82) is 0 Å². The summed E-state index contributed by atoms with van der Waals surface area (Å²) in [6.45, 7) is 11.2. The number of ether oxygens (including phenoxy) is 1. The Kier molecular flexibility index (Phi) is 7.81. The van der Waals surface area contributed by atoms with Crippen molar-refractivity contribution in [1.82, 2.24) is 30.2 Å². The van der Waals surface area contributed by atoms with Gasteiger partial charge < -0.3 is 19.9 Å². The maximum absolute atomic E-state index is 12.8. The highest BCUT2D eigenvalue weighted by molar-refractivity contribution is 7.13. The summed E-state index contributed by atoms with van der Waals surface area (Å²) in [6.07, 6.45) is 3.35. The molecule has 0 unspecified atom stereocenters. The second-order valence-electron chi connectivity index (χ2n) is 11.8. The fraction of sp³-hybridized carbons (Fsp3) is 0.303. The normalized spacial score (nSPS) is 13.8.